The summed E-state index contributed by atoms with van der Waals surface area (Å²) in [7, 11) is -2.19. The number of hydrogen-bond acceptors (Lipinski definition) is 8. The lowest BCUT2D eigenvalue weighted by Crippen LogP contribution is -2.46. The molecule has 0 radical (unpaired) electrons. The van der Waals surface area contributed by atoms with Gasteiger partial charge in [0.15, 0.2) is 4.34 Å². The number of aromatic nitrogens is 2. The van der Waals surface area contributed by atoms with Gasteiger partial charge in [0.1, 0.15) is 11.8 Å². The van der Waals surface area contributed by atoms with Crippen LogP contribution in [0.25, 0.3) is 0 Å². The van der Waals surface area contributed by atoms with Crippen molar-refractivity contribution in [2.24, 2.45) is 0 Å². The van der Waals surface area contributed by atoms with Gasteiger partial charge in [0.2, 0.25) is 21.1 Å². The van der Waals surface area contributed by atoms with Crippen molar-refractivity contribution in [1.29, 1.82) is 0 Å². The zero-order valence-corrected chi connectivity index (χ0v) is 18.2. The Morgan fingerprint density at radius 1 is 1.39 bits per heavy atom. The van der Waals surface area contributed by atoms with Crippen LogP contribution in [0.15, 0.2) is 41.3 Å². The molecule has 152 valence electrons. The third-order valence-corrected chi connectivity index (χ3v) is 6.77. The molecule has 1 heterocycles. The van der Waals surface area contributed by atoms with Crippen molar-refractivity contribution >= 4 is 49.8 Å². The highest BCUT2D eigenvalue weighted by Crippen LogP contribution is 2.28. The quantitative estimate of drug-likeness (QED) is 0.343. The van der Waals surface area contributed by atoms with E-state index < -0.39 is 22.0 Å². The van der Waals surface area contributed by atoms with E-state index in [1.54, 1.807) is 37.3 Å². The highest BCUT2D eigenvalue weighted by Gasteiger charge is 2.32. The molecule has 1 amide bonds. The molecular weight excluding hydrogens is 420 g/mol. The molecule has 2 aromatic rings. The summed E-state index contributed by atoms with van der Waals surface area (Å²) >= 11 is 2.68. The molecular formula is C17H22N4O4S3. The summed E-state index contributed by atoms with van der Waals surface area (Å²) in [5.74, 6) is 0.799. The van der Waals surface area contributed by atoms with Gasteiger partial charge < -0.3 is 4.74 Å². The molecule has 0 aliphatic rings. The summed E-state index contributed by atoms with van der Waals surface area (Å²) in [4.78, 5) is 12.8. The van der Waals surface area contributed by atoms with Crippen LogP contribution in [0.5, 0.6) is 5.75 Å². The minimum absolute atomic E-state index is 0.280. The normalized spacial score (nSPS) is 12.2. The predicted molar refractivity (Wildman–Crippen MR) is 114 cm³/mol. The van der Waals surface area contributed by atoms with Gasteiger partial charge >= 0.3 is 0 Å². The Hall–Kier alpha value is -2.11. The Balaban J connectivity index is 2.25. The molecule has 0 aliphatic heterocycles. The van der Waals surface area contributed by atoms with E-state index >= 15 is 0 Å². The number of benzene rings is 1. The van der Waals surface area contributed by atoms with Gasteiger partial charge in [-0.1, -0.05) is 36.1 Å². The lowest BCUT2D eigenvalue weighted by atomic mass is 10.2. The second kappa shape index (κ2) is 9.89. The van der Waals surface area contributed by atoms with E-state index in [0.717, 1.165) is 10.6 Å². The second-order valence-corrected chi connectivity index (χ2v) is 9.75. The zero-order valence-electron chi connectivity index (χ0n) is 15.8. The summed E-state index contributed by atoms with van der Waals surface area (Å²) in [6.07, 6.45) is 3.10. The van der Waals surface area contributed by atoms with E-state index in [1.807, 2.05) is 0 Å². The first-order valence-corrected chi connectivity index (χ1v) is 12.0. The molecule has 1 atom stereocenters. The van der Waals surface area contributed by atoms with E-state index in [9.17, 15) is 13.2 Å². The van der Waals surface area contributed by atoms with Gasteiger partial charge in [-0.2, -0.15) is 0 Å². The number of nitrogens with one attached hydrogen (secondary N) is 1. The van der Waals surface area contributed by atoms with Crippen LogP contribution < -0.4 is 14.4 Å². The molecule has 28 heavy (non-hydrogen) atoms. The van der Waals surface area contributed by atoms with Crippen molar-refractivity contribution < 1.29 is 17.9 Å². The SMILES string of the molecule is C=CCSc1nnc(NC(=O)[C@H](CC)N(c2ccc(OC)cc2)S(C)(=O)=O)s1. The van der Waals surface area contributed by atoms with Crippen LogP contribution in [0.3, 0.4) is 0 Å². The highest BCUT2D eigenvalue weighted by molar-refractivity contribution is 8.01. The molecule has 0 aliphatic carbocycles. The van der Waals surface area contributed by atoms with Crippen LogP contribution in [0.4, 0.5) is 10.8 Å². The largest absolute Gasteiger partial charge is 0.497 e. The monoisotopic (exact) mass is 442 g/mol. The summed E-state index contributed by atoms with van der Waals surface area (Å²) < 4.78 is 31.8. The van der Waals surface area contributed by atoms with Crippen LogP contribution in [-0.4, -0.2) is 49.7 Å². The number of carbonyl (C=O) groups is 1. The van der Waals surface area contributed by atoms with E-state index in [2.05, 4.69) is 22.1 Å². The van der Waals surface area contributed by atoms with Crippen molar-refractivity contribution in [2.45, 2.75) is 23.7 Å². The smallest absolute Gasteiger partial charge is 0.250 e. The molecule has 1 aromatic heterocycles. The number of rotatable bonds is 10. The second-order valence-electron chi connectivity index (χ2n) is 5.64. The molecule has 0 saturated carbocycles. The number of hydrogen-bond donors (Lipinski definition) is 1. The van der Waals surface area contributed by atoms with Crippen LogP contribution in [-0.2, 0) is 14.8 Å². The van der Waals surface area contributed by atoms with Gasteiger partial charge in [-0.15, -0.1) is 16.8 Å². The fourth-order valence-corrected chi connectivity index (χ4v) is 5.15. The average molecular weight is 443 g/mol. The van der Waals surface area contributed by atoms with Crippen LogP contribution >= 0.6 is 23.1 Å². The number of carbonyl (C=O) groups excluding carboxylic acids is 1. The van der Waals surface area contributed by atoms with Crippen molar-refractivity contribution in [1.82, 2.24) is 10.2 Å². The number of thioether (sulfide) groups is 1. The standard InChI is InChI=1S/C17H22N4O4S3/c1-5-11-26-17-20-19-16(27-17)18-15(22)14(6-2)21(28(4,23)24)12-7-9-13(25-3)10-8-12/h5,7-10,14H,1,6,11H2,2-4H3,(H,18,19,22)/t14-/m0/s1. The number of ether oxygens (including phenoxy) is 1. The third-order valence-electron chi connectivity index (χ3n) is 3.62. The van der Waals surface area contributed by atoms with Crippen molar-refractivity contribution in [3.63, 3.8) is 0 Å². The molecule has 1 aromatic carbocycles. The number of sulfonamides is 1. The lowest BCUT2D eigenvalue weighted by Gasteiger charge is -2.29. The number of methoxy groups -OCH3 is 1. The van der Waals surface area contributed by atoms with E-state index in [4.69, 9.17) is 4.74 Å². The average Bonchev–Trinajstić information content (AvgIpc) is 3.10. The predicted octanol–water partition coefficient (Wildman–Crippen LogP) is 3.01. The molecule has 0 fully saturated rings. The van der Waals surface area contributed by atoms with Crippen LogP contribution in [0.1, 0.15) is 13.3 Å². The summed E-state index contributed by atoms with van der Waals surface area (Å²) in [5.41, 5.74) is 0.379. The summed E-state index contributed by atoms with van der Waals surface area (Å²) in [6.45, 7) is 5.39. The third kappa shape index (κ3) is 5.69. The maximum atomic E-state index is 12.8. The Morgan fingerprint density at radius 2 is 2.07 bits per heavy atom. The Kier molecular flexibility index (Phi) is 7.84. The number of anilines is 2. The van der Waals surface area contributed by atoms with E-state index in [0.29, 0.717) is 26.7 Å². The molecule has 0 saturated heterocycles. The van der Waals surface area contributed by atoms with Crippen molar-refractivity contribution in [2.75, 3.05) is 28.7 Å². The zero-order chi connectivity index (χ0) is 20.7. The Morgan fingerprint density at radius 3 is 2.61 bits per heavy atom. The fourth-order valence-electron chi connectivity index (χ4n) is 2.43. The Labute approximate surface area is 173 Å². The minimum Gasteiger partial charge on any atom is -0.497 e. The van der Waals surface area contributed by atoms with Gasteiger partial charge in [-0.3, -0.25) is 14.4 Å². The maximum Gasteiger partial charge on any atom is 0.250 e. The minimum atomic E-state index is -3.71. The van der Waals surface area contributed by atoms with Crippen molar-refractivity contribution in [3.8, 4) is 5.75 Å². The highest BCUT2D eigenvalue weighted by atomic mass is 32.2. The summed E-state index contributed by atoms with van der Waals surface area (Å²) in [5, 5.41) is 10.9. The van der Waals surface area contributed by atoms with Gasteiger partial charge in [-0.25, -0.2) is 8.42 Å². The first-order valence-electron chi connectivity index (χ1n) is 8.31. The van der Waals surface area contributed by atoms with Gasteiger partial charge in [0, 0.05) is 5.75 Å². The molecule has 0 unspecified atom stereocenters. The van der Waals surface area contributed by atoms with E-state index in [1.165, 1.54) is 30.2 Å². The van der Waals surface area contributed by atoms with Gasteiger partial charge in [0.05, 0.1) is 19.1 Å². The van der Waals surface area contributed by atoms with Gasteiger partial charge in [-0.05, 0) is 30.7 Å². The summed E-state index contributed by atoms with van der Waals surface area (Å²) in [6, 6.07) is 5.56. The number of nitrogens with zero attached hydrogens (tertiary/aromatic N) is 3. The Bertz CT molecular complexity index is 913. The van der Waals surface area contributed by atoms with Crippen LogP contribution in [0.2, 0.25) is 0 Å². The first kappa shape index (κ1) is 22.2. The van der Waals surface area contributed by atoms with E-state index in [-0.39, 0.29) is 6.42 Å². The molecule has 8 nitrogen and oxygen atoms in total. The van der Waals surface area contributed by atoms with Crippen molar-refractivity contribution in [3.05, 3.63) is 36.9 Å². The fraction of sp³-hybridized carbons (Fsp3) is 0.353. The molecule has 0 bridgehead atoms. The lowest BCUT2D eigenvalue weighted by molar-refractivity contribution is -0.117. The molecule has 11 heteroatoms. The molecule has 1 N–H and O–H groups in total. The maximum absolute atomic E-state index is 12.8. The van der Waals surface area contributed by atoms with Gasteiger partial charge in [0.25, 0.3) is 0 Å². The number of amides is 1. The van der Waals surface area contributed by atoms with Crippen LogP contribution in [0, 0.1) is 0 Å². The molecule has 0 spiro atoms. The first-order chi connectivity index (χ1) is 13.3. The topological polar surface area (TPSA) is 101 Å². The molecule has 2 rings (SSSR count).